The SMILES string of the molecule is CC(F)C(F)(F)C(F)(F)C(F)(F)C(F)(F)C[SiH]1O[SiH2]O[SiH2]O1. The molecule has 1 aliphatic rings. The minimum Gasteiger partial charge on any atom is -0.425 e. The van der Waals surface area contributed by atoms with Gasteiger partial charge >= 0.3 is 33.0 Å². The second-order valence-electron chi connectivity index (χ2n) is 4.50. The largest absolute Gasteiger partial charge is 0.425 e. The Morgan fingerprint density at radius 3 is 1.77 bits per heavy atom. The fraction of sp³-hybridized carbons (Fsp3) is 1.00. The monoisotopic (exact) mass is 398 g/mol. The minimum absolute atomic E-state index is 0.126. The van der Waals surface area contributed by atoms with Crippen molar-refractivity contribution in [1.82, 2.24) is 0 Å². The highest BCUT2D eigenvalue weighted by atomic mass is 28.4. The summed E-state index contributed by atoms with van der Waals surface area (Å²) in [6.45, 7) is -0.126. The van der Waals surface area contributed by atoms with Gasteiger partial charge in [0.15, 0.2) is 6.17 Å². The summed E-state index contributed by atoms with van der Waals surface area (Å²) in [5.74, 6) is -24.6. The molecule has 15 heteroatoms. The molecule has 1 atom stereocenters. The summed E-state index contributed by atoms with van der Waals surface area (Å²) in [7, 11) is -6.81. The van der Waals surface area contributed by atoms with Gasteiger partial charge in [0.2, 0.25) is 0 Å². The summed E-state index contributed by atoms with van der Waals surface area (Å²) in [4.78, 5) is 0. The van der Waals surface area contributed by atoms with Gasteiger partial charge in [-0.05, 0) is 6.92 Å². The molecule has 0 N–H and O–H groups in total. The maximum absolute atomic E-state index is 13.5. The number of halogens is 9. The molecule has 0 bridgehead atoms. The Bertz CT molecular complexity index is 389. The third-order valence-electron chi connectivity index (χ3n) is 2.87. The molecule has 1 saturated heterocycles. The molecule has 1 heterocycles. The van der Waals surface area contributed by atoms with Gasteiger partial charge in [0.1, 0.15) is 0 Å². The van der Waals surface area contributed by atoms with Gasteiger partial charge in [0.25, 0.3) is 20.0 Å². The highest BCUT2D eigenvalue weighted by Crippen LogP contribution is 2.55. The number of alkyl halides is 9. The zero-order valence-electron chi connectivity index (χ0n) is 10.9. The highest BCUT2D eigenvalue weighted by Gasteiger charge is 2.81. The van der Waals surface area contributed by atoms with E-state index in [4.69, 9.17) is 0 Å². The third-order valence-corrected chi connectivity index (χ3v) is 9.11. The molecular formula is C7H11F9O3Si3. The van der Waals surface area contributed by atoms with Crippen molar-refractivity contribution in [3.63, 3.8) is 0 Å². The zero-order chi connectivity index (χ0) is 17.4. The van der Waals surface area contributed by atoms with E-state index in [2.05, 4.69) is 12.3 Å². The average molecular weight is 398 g/mol. The molecule has 1 rings (SSSR count). The molecule has 0 aromatic heterocycles. The predicted octanol–water partition coefficient (Wildman–Crippen LogP) is 1.17. The molecule has 1 fully saturated rings. The van der Waals surface area contributed by atoms with E-state index in [0.717, 1.165) is 0 Å². The highest BCUT2D eigenvalue weighted by molar-refractivity contribution is 6.61. The lowest BCUT2D eigenvalue weighted by molar-refractivity contribution is -0.371. The first-order chi connectivity index (χ1) is 9.77. The van der Waals surface area contributed by atoms with Gasteiger partial charge in [-0.25, -0.2) is 4.39 Å². The van der Waals surface area contributed by atoms with Crippen molar-refractivity contribution in [2.75, 3.05) is 0 Å². The molecule has 1 unspecified atom stereocenters. The average Bonchev–Trinajstić information content (AvgIpc) is 2.38. The van der Waals surface area contributed by atoms with Crippen molar-refractivity contribution in [1.29, 1.82) is 0 Å². The molecule has 0 aromatic carbocycles. The fourth-order valence-electron chi connectivity index (χ4n) is 1.47. The van der Waals surface area contributed by atoms with E-state index in [0.29, 0.717) is 0 Å². The molecule has 0 saturated carbocycles. The molecule has 0 aliphatic carbocycles. The Balaban J connectivity index is 3.02. The van der Waals surface area contributed by atoms with E-state index in [9.17, 15) is 39.5 Å². The Kier molecular flexibility index (Phi) is 5.82. The van der Waals surface area contributed by atoms with Gasteiger partial charge in [-0.1, -0.05) is 0 Å². The van der Waals surface area contributed by atoms with Gasteiger partial charge in [-0.2, -0.15) is 35.1 Å². The molecule has 1 aliphatic heterocycles. The van der Waals surface area contributed by atoms with E-state index in [1.54, 1.807) is 0 Å². The van der Waals surface area contributed by atoms with Crippen LogP contribution in [0.2, 0.25) is 6.04 Å². The van der Waals surface area contributed by atoms with Crippen LogP contribution in [-0.2, 0) is 12.3 Å². The summed E-state index contributed by atoms with van der Waals surface area (Å²) in [5, 5.41) is 0. The lowest BCUT2D eigenvalue weighted by Crippen LogP contribution is -2.65. The Labute approximate surface area is 125 Å². The summed E-state index contributed by atoms with van der Waals surface area (Å²) in [6.07, 6.45) is -3.75. The van der Waals surface area contributed by atoms with Crippen LogP contribution < -0.4 is 0 Å². The Hall–Kier alpha value is -0.0994. The smallest absolute Gasteiger partial charge is 0.381 e. The van der Waals surface area contributed by atoms with Crippen LogP contribution in [0.4, 0.5) is 39.5 Å². The maximum atomic E-state index is 13.5. The topological polar surface area (TPSA) is 27.7 Å². The van der Waals surface area contributed by atoms with Crippen LogP contribution in [0.1, 0.15) is 6.92 Å². The summed E-state index contributed by atoms with van der Waals surface area (Å²) >= 11 is 0. The quantitative estimate of drug-likeness (QED) is 0.497. The normalized spacial score (nSPS) is 25.6. The van der Waals surface area contributed by atoms with Gasteiger partial charge in [-0.3, -0.25) is 0 Å². The Morgan fingerprint density at radius 1 is 0.909 bits per heavy atom. The summed E-state index contributed by atoms with van der Waals surface area (Å²) in [5.41, 5.74) is 0. The summed E-state index contributed by atoms with van der Waals surface area (Å²) in [6, 6.07) is -1.93. The lowest BCUT2D eigenvalue weighted by atomic mass is 9.97. The van der Waals surface area contributed by atoms with Crippen molar-refractivity contribution >= 4 is 29.3 Å². The minimum atomic E-state index is -6.59. The van der Waals surface area contributed by atoms with Crippen molar-refractivity contribution < 1.29 is 51.9 Å². The van der Waals surface area contributed by atoms with E-state index in [-0.39, 0.29) is 6.92 Å². The van der Waals surface area contributed by atoms with Crippen molar-refractivity contribution in [3.8, 4) is 0 Å². The van der Waals surface area contributed by atoms with E-state index >= 15 is 0 Å². The predicted molar refractivity (Wildman–Crippen MR) is 62.7 cm³/mol. The van der Waals surface area contributed by atoms with Gasteiger partial charge in [0, 0.05) is 0 Å². The molecule has 0 spiro atoms. The zero-order valence-corrected chi connectivity index (χ0v) is 14.9. The van der Waals surface area contributed by atoms with Crippen LogP contribution in [0, 0.1) is 0 Å². The standard InChI is InChI=1S/C7H11F9O3Si3/c1-3(8)5(11,12)7(15,16)6(13,14)4(9,10)2-22-18-20-17-21-19-22/h3,22H,2,20-21H2,1H3. The lowest BCUT2D eigenvalue weighted by Gasteiger charge is -2.38. The Morgan fingerprint density at radius 2 is 1.36 bits per heavy atom. The number of rotatable bonds is 6. The summed E-state index contributed by atoms with van der Waals surface area (Å²) < 4.78 is 132. The number of hydrogen-bond acceptors (Lipinski definition) is 3. The van der Waals surface area contributed by atoms with Crippen LogP contribution >= 0.6 is 0 Å². The van der Waals surface area contributed by atoms with E-state index < -0.39 is 65.2 Å². The van der Waals surface area contributed by atoms with Crippen LogP contribution in [0.25, 0.3) is 0 Å². The van der Waals surface area contributed by atoms with Crippen molar-refractivity contribution in [2.45, 2.75) is 42.8 Å². The molecular weight excluding hydrogens is 387 g/mol. The molecule has 0 aromatic rings. The maximum Gasteiger partial charge on any atom is 0.381 e. The molecule has 0 amide bonds. The van der Waals surface area contributed by atoms with Crippen LogP contribution in [0.5, 0.6) is 0 Å². The van der Waals surface area contributed by atoms with E-state index in [1.165, 1.54) is 0 Å². The van der Waals surface area contributed by atoms with Gasteiger partial charge < -0.3 is 12.3 Å². The van der Waals surface area contributed by atoms with Gasteiger partial charge in [-0.15, -0.1) is 0 Å². The third kappa shape index (κ3) is 3.37. The van der Waals surface area contributed by atoms with Crippen molar-refractivity contribution in [2.24, 2.45) is 0 Å². The first kappa shape index (κ1) is 19.9. The van der Waals surface area contributed by atoms with Crippen LogP contribution in [0.3, 0.4) is 0 Å². The van der Waals surface area contributed by atoms with Crippen LogP contribution in [-0.4, -0.2) is 59.2 Å². The molecule has 3 nitrogen and oxygen atoms in total. The number of hydrogen-bond donors (Lipinski definition) is 0. The second kappa shape index (κ2) is 6.42. The van der Waals surface area contributed by atoms with Crippen molar-refractivity contribution in [3.05, 3.63) is 0 Å². The van der Waals surface area contributed by atoms with E-state index in [1.807, 2.05) is 0 Å². The second-order valence-corrected chi connectivity index (χ2v) is 10.5. The van der Waals surface area contributed by atoms with Crippen LogP contribution in [0.15, 0.2) is 0 Å². The molecule has 0 radical (unpaired) electrons. The first-order valence-electron chi connectivity index (χ1n) is 5.73. The van der Waals surface area contributed by atoms with Gasteiger partial charge in [0.05, 0.1) is 6.04 Å². The fourth-order valence-corrected chi connectivity index (χ4v) is 8.33. The first-order valence-corrected chi connectivity index (χ1v) is 9.80. The molecule has 132 valence electrons. The molecule has 22 heavy (non-hydrogen) atoms.